The molecule has 20 heavy (non-hydrogen) atoms. The van der Waals surface area contributed by atoms with E-state index in [9.17, 15) is 0 Å². The number of nitrogens with zero attached hydrogens (tertiary/aromatic N) is 3. The van der Waals surface area contributed by atoms with Crippen LogP contribution in [-0.4, -0.2) is 29.6 Å². The summed E-state index contributed by atoms with van der Waals surface area (Å²) in [5.41, 5.74) is 0. The van der Waals surface area contributed by atoms with E-state index in [0.717, 1.165) is 56.4 Å². The summed E-state index contributed by atoms with van der Waals surface area (Å²) in [6, 6.07) is 2.09. The number of anilines is 2. The van der Waals surface area contributed by atoms with Crippen molar-refractivity contribution in [2.75, 3.05) is 29.9 Å². The van der Waals surface area contributed by atoms with E-state index in [-0.39, 0.29) is 0 Å². The molecule has 1 aromatic rings. The zero-order valence-electron chi connectivity index (χ0n) is 13.7. The first-order valence-electron chi connectivity index (χ1n) is 8.00. The molecule has 0 bridgehead atoms. The Balaban J connectivity index is 3.04. The van der Waals surface area contributed by atoms with Crippen LogP contribution in [0, 0.1) is 0 Å². The predicted octanol–water partition coefficient (Wildman–Crippen LogP) is 4.05. The van der Waals surface area contributed by atoms with Gasteiger partial charge in [-0.3, -0.25) is 0 Å². The molecule has 0 saturated carbocycles. The average Bonchev–Trinajstić information content (AvgIpc) is 2.44. The van der Waals surface area contributed by atoms with Gasteiger partial charge in [-0.25, -0.2) is 9.97 Å². The van der Waals surface area contributed by atoms with Gasteiger partial charge in [0.15, 0.2) is 0 Å². The van der Waals surface area contributed by atoms with Crippen molar-refractivity contribution in [2.24, 2.45) is 0 Å². The maximum absolute atomic E-state index is 4.75. The highest BCUT2D eigenvalue weighted by molar-refractivity contribution is 5.49. The molecule has 0 radical (unpaired) electrons. The van der Waals surface area contributed by atoms with Gasteiger partial charge < -0.3 is 10.2 Å². The molecule has 1 aromatic heterocycles. The second-order valence-corrected chi connectivity index (χ2v) is 5.54. The van der Waals surface area contributed by atoms with E-state index in [1.165, 1.54) is 0 Å². The molecule has 0 aromatic carbocycles. The summed E-state index contributed by atoms with van der Waals surface area (Å²) in [6.07, 6.45) is 3.38. The molecule has 4 nitrogen and oxygen atoms in total. The number of rotatable bonds is 9. The lowest BCUT2D eigenvalue weighted by atomic mass is 10.2. The highest BCUT2D eigenvalue weighted by Gasteiger charge is 2.12. The number of hydrogen-bond acceptors (Lipinski definition) is 4. The van der Waals surface area contributed by atoms with Crippen molar-refractivity contribution in [3.63, 3.8) is 0 Å². The molecule has 0 spiro atoms. The summed E-state index contributed by atoms with van der Waals surface area (Å²) >= 11 is 0. The van der Waals surface area contributed by atoms with Crippen LogP contribution in [-0.2, 0) is 0 Å². The van der Waals surface area contributed by atoms with Crippen molar-refractivity contribution >= 4 is 11.6 Å². The number of aromatic nitrogens is 2. The van der Waals surface area contributed by atoms with E-state index in [0.29, 0.717) is 5.92 Å². The first-order chi connectivity index (χ1) is 9.62. The summed E-state index contributed by atoms with van der Waals surface area (Å²) < 4.78 is 0. The number of hydrogen-bond donors (Lipinski definition) is 1. The van der Waals surface area contributed by atoms with Crippen molar-refractivity contribution < 1.29 is 0 Å². The Labute approximate surface area is 124 Å². The van der Waals surface area contributed by atoms with Gasteiger partial charge in [0.25, 0.3) is 0 Å². The zero-order valence-corrected chi connectivity index (χ0v) is 13.7. The Morgan fingerprint density at radius 1 is 1.05 bits per heavy atom. The third-order valence-corrected chi connectivity index (χ3v) is 3.11. The van der Waals surface area contributed by atoms with Crippen molar-refractivity contribution in [3.8, 4) is 0 Å². The van der Waals surface area contributed by atoms with Crippen LogP contribution < -0.4 is 10.2 Å². The van der Waals surface area contributed by atoms with Gasteiger partial charge in [-0.05, 0) is 19.3 Å². The van der Waals surface area contributed by atoms with E-state index >= 15 is 0 Å². The lowest BCUT2D eigenvalue weighted by molar-refractivity contribution is 0.713. The molecular weight excluding hydrogens is 248 g/mol. The third-order valence-electron chi connectivity index (χ3n) is 3.11. The fourth-order valence-corrected chi connectivity index (χ4v) is 2.10. The lowest BCUT2D eigenvalue weighted by Crippen LogP contribution is -2.26. The second-order valence-electron chi connectivity index (χ2n) is 5.54. The minimum absolute atomic E-state index is 0.349. The van der Waals surface area contributed by atoms with Crippen LogP contribution in [0.5, 0.6) is 0 Å². The van der Waals surface area contributed by atoms with Gasteiger partial charge in [-0.2, -0.15) is 0 Å². The van der Waals surface area contributed by atoms with Crippen LogP contribution in [0.25, 0.3) is 0 Å². The van der Waals surface area contributed by atoms with Crippen molar-refractivity contribution in [1.82, 2.24) is 9.97 Å². The Morgan fingerprint density at radius 3 is 2.20 bits per heavy atom. The Bertz CT molecular complexity index is 384. The van der Waals surface area contributed by atoms with Gasteiger partial charge in [0.1, 0.15) is 17.5 Å². The molecule has 0 unspecified atom stereocenters. The van der Waals surface area contributed by atoms with E-state index in [1.807, 2.05) is 0 Å². The van der Waals surface area contributed by atoms with Crippen LogP contribution in [0.15, 0.2) is 6.07 Å². The van der Waals surface area contributed by atoms with E-state index in [4.69, 9.17) is 4.98 Å². The van der Waals surface area contributed by atoms with Gasteiger partial charge in [0, 0.05) is 31.6 Å². The van der Waals surface area contributed by atoms with Crippen LogP contribution in [0.2, 0.25) is 0 Å². The molecule has 0 aliphatic heterocycles. The summed E-state index contributed by atoms with van der Waals surface area (Å²) in [5.74, 6) is 3.30. The van der Waals surface area contributed by atoms with Gasteiger partial charge in [0.2, 0.25) is 0 Å². The van der Waals surface area contributed by atoms with Gasteiger partial charge in [-0.1, -0.05) is 34.6 Å². The minimum atomic E-state index is 0.349. The van der Waals surface area contributed by atoms with E-state index in [1.54, 1.807) is 0 Å². The molecule has 1 N–H and O–H groups in total. The monoisotopic (exact) mass is 278 g/mol. The highest BCUT2D eigenvalue weighted by atomic mass is 15.2. The second kappa shape index (κ2) is 8.77. The fraction of sp³-hybridized carbons (Fsp3) is 0.750. The summed E-state index contributed by atoms with van der Waals surface area (Å²) in [6.45, 7) is 13.9. The molecule has 0 aliphatic carbocycles. The SMILES string of the molecule is CCCNc1cc(N(CCC)CCC)nc(C(C)C)n1. The third kappa shape index (κ3) is 4.99. The normalized spacial score (nSPS) is 10.9. The smallest absolute Gasteiger partial charge is 0.135 e. The van der Waals surface area contributed by atoms with Crippen molar-refractivity contribution in [1.29, 1.82) is 0 Å². The molecule has 4 heteroatoms. The Hall–Kier alpha value is -1.32. The maximum atomic E-state index is 4.75. The molecular formula is C16H30N4. The molecule has 0 fully saturated rings. The van der Waals surface area contributed by atoms with Crippen LogP contribution in [0.1, 0.15) is 65.6 Å². The summed E-state index contributed by atoms with van der Waals surface area (Å²) in [5, 5.41) is 3.39. The summed E-state index contributed by atoms with van der Waals surface area (Å²) in [7, 11) is 0. The standard InChI is InChI=1S/C16H30N4/c1-6-9-17-14-12-15(19-16(18-14)13(4)5)20(10-7-2)11-8-3/h12-13H,6-11H2,1-5H3,(H,17,18,19). The van der Waals surface area contributed by atoms with Gasteiger partial charge >= 0.3 is 0 Å². The first-order valence-corrected chi connectivity index (χ1v) is 8.00. The maximum Gasteiger partial charge on any atom is 0.135 e. The quantitative estimate of drug-likeness (QED) is 0.740. The Kier molecular flexibility index (Phi) is 7.34. The lowest BCUT2D eigenvalue weighted by Gasteiger charge is -2.24. The largest absolute Gasteiger partial charge is 0.370 e. The van der Waals surface area contributed by atoms with E-state index < -0.39 is 0 Å². The topological polar surface area (TPSA) is 41.0 Å². The highest BCUT2D eigenvalue weighted by Crippen LogP contribution is 2.20. The zero-order chi connectivity index (χ0) is 15.0. The minimum Gasteiger partial charge on any atom is -0.370 e. The van der Waals surface area contributed by atoms with Crippen LogP contribution >= 0.6 is 0 Å². The van der Waals surface area contributed by atoms with Gasteiger partial charge in [0.05, 0.1) is 0 Å². The van der Waals surface area contributed by atoms with Gasteiger partial charge in [-0.15, -0.1) is 0 Å². The molecule has 0 amide bonds. The molecule has 0 saturated heterocycles. The molecule has 1 rings (SSSR count). The number of nitrogens with one attached hydrogen (secondary N) is 1. The fourth-order valence-electron chi connectivity index (χ4n) is 2.10. The Morgan fingerprint density at radius 2 is 1.70 bits per heavy atom. The van der Waals surface area contributed by atoms with Crippen LogP contribution in [0.4, 0.5) is 11.6 Å². The molecule has 0 atom stereocenters. The van der Waals surface area contributed by atoms with E-state index in [2.05, 4.69) is 55.9 Å². The van der Waals surface area contributed by atoms with Crippen molar-refractivity contribution in [3.05, 3.63) is 11.9 Å². The molecule has 1 heterocycles. The van der Waals surface area contributed by atoms with Crippen LogP contribution in [0.3, 0.4) is 0 Å². The van der Waals surface area contributed by atoms with Crippen molar-refractivity contribution in [2.45, 2.75) is 59.8 Å². The average molecular weight is 278 g/mol. The summed E-state index contributed by atoms with van der Waals surface area (Å²) in [4.78, 5) is 11.7. The first kappa shape index (κ1) is 16.7. The molecule has 114 valence electrons. The predicted molar refractivity (Wildman–Crippen MR) is 87.7 cm³/mol. The molecule has 0 aliphatic rings.